The summed E-state index contributed by atoms with van der Waals surface area (Å²) < 4.78 is 13.5. The van der Waals surface area contributed by atoms with E-state index in [0.717, 1.165) is 37.2 Å². The fourth-order valence-electron chi connectivity index (χ4n) is 4.91. The molecule has 3 aromatic rings. The third-order valence-electron chi connectivity index (χ3n) is 6.34. The molecule has 2 fully saturated rings. The SMILES string of the molecule is N#Cc1ccccc1N1C[C@H]2C[C@H](Nc3ccc(-c4cc(F)ccc4Cl)nn3)C[C@H]2C1. The van der Waals surface area contributed by atoms with Gasteiger partial charge in [0.05, 0.1) is 22.0 Å². The van der Waals surface area contributed by atoms with Crippen LogP contribution < -0.4 is 10.2 Å². The number of rotatable bonds is 4. The van der Waals surface area contributed by atoms with Crippen molar-refractivity contribution in [2.45, 2.75) is 18.9 Å². The molecule has 0 bridgehead atoms. The van der Waals surface area contributed by atoms with Gasteiger partial charge in [0, 0.05) is 24.7 Å². The summed E-state index contributed by atoms with van der Waals surface area (Å²) in [5.41, 5.74) is 2.87. The number of benzene rings is 2. The molecule has 1 aromatic heterocycles. The van der Waals surface area contributed by atoms with Crippen molar-refractivity contribution in [3.8, 4) is 17.3 Å². The Balaban J connectivity index is 1.22. The predicted molar refractivity (Wildman–Crippen MR) is 119 cm³/mol. The van der Waals surface area contributed by atoms with E-state index in [0.29, 0.717) is 40.0 Å². The minimum atomic E-state index is -0.354. The van der Waals surface area contributed by atoms with Crippen LogP contribution in [0, 0.1) is 29.0 Å². The molecular weight excluding hydrogens is 413 g/mol. The average molecular weight is 434 g/mol. The zero-order valence-electron chi connectivity index (χ0n) is 16.8. The van der Waals surface area contributed by atoms with Crippen LogP contribution in [0.25, 0.3) is 11.3 Å². The smallest absolute Gasteiger partial charge is 0.148 e. The second kappa shape index (κ2) is 8.16. The summed E-state index contributed by atoms with van der Waals surface area (Å²) in [7, 11) is 0. The summed E-state index contributed by atoms with van der Waals surface area (Å²) in [5, 5.41) is 21.8. The molecule has 7 heteroatoms. The maximum Gasteiger partial charge on any atom is 0.148 e. The van der Waals surface area contributed by atoms with Gasteiger partial charge in [0.1, 0.15) is 17.7 Å². The number of nitrogens with one attached hydrogen (secondary N) is 1. The molecule has 1 saturated carbocycles. The highest BCUT2D eigenvalue weighted by atomic mass is 35.5. The molecule has 0 amide bonds. The van der Waals surface area contributed by atoms with Crippen molar-refractivity contribution in [2.24, 2.45) is 11.8 Å². The van der Waals surface area contributed by atoms with E-state index in [2.05, 4.69) is 26.5 Å². The van der Waals surface area contributed by atoms with Crippen molar-refractivity contribution in [1.29, 1.82) is 5.26 Å². The van der Waals surface area contributed by atoms with Gasteiger partial charge in [0.15, 0.2) is 0 Å². The molecule has 5 nitrogen and oxygen atoms in total. The number of aromatic nitrogens is 2. The lowest BCUT2D eigenvalue weighted by atomic mass is 10.0. The van der Waals surface area contributed by atoms with Crippen molar-refractivity contribution in [3.05, 3.63) is 71.0 Å². The monoisotopic (exact) mass is 433 g/mol. The molecule has 5 rings (SSSR count). The van der Waals surface area contributed by atoms with Gasteiger partial charge in [-0.15, -0.1) is 10.2 Å². The van der Waals surface area contributed by atoms with Crippen LogP contribution in [0.5, 0.6) is 0 Å². The third kappa shape index (κ3) is 3.94. The molecular formula is C24H21ClFN5. The Hall–Kier alpha value is -3.17. The molecule has 1 aliphatic carbocycles. The molecule has 31 heavy (non-hydrogen) atoms. The number of nitriles is 1. The minimum absolute atomic E-state index is 0.348. The summed E-state index contributed by atoms with van der Waals surface area (Å²) in [6, 6.07) is 18.4. The lowest BCUT2D eigenvalue weighted by molar-refractivity contribution is 0.494. The number of anilines is 2. The number of para-hydroxylation sites is 1. The van der Waals surface area contributed by atoms with Crippen molar-refractivity contribution in [2.75, 3.05) is 23.3 Å². The van der Waals surface area contributed by atoms with Crippen LogP contribution in [0.3, 0.4) is 0 Å². The molecule has 1 saturated heterocycles. The first kappa shape index (κ1) is 19.8. The lowest BCUT2D eigenvalue weighted by Crippen LogP contribution is -2.25. The minimum Gasteiger partial charge on any atom is -0.370 e. The zero-order chi connectivity index (χ0) is 21.4. The number of halogens is 2. The van der Waals surface area contributed by atoms with Gasteiger partial charge in [-0.1, -0.05) is 23.7 Å². The van der Waals surface area contributed by atoms with E-state index in [4.69, 9.17) is 11.6 Å². The normalized spacial score (nSPS) is 22.2. The van der Waals surface area contributed by atoms with E-state index in [-0.39, 0.29) is 5.82 Å². The Kier molecular flexibility index (Phi) is 5.21. The Morgan fingerprint density at radius 1 is 1.03 bits per heavy atom. The molecule has 2 aliphatic rings. The van der Waals surface area contributed by atoms with Gasteiger partial charge in [-0.25, -0.2) is 4.39 Å². The largest absolute Gasteiger partial charge is 0.370 e. The number of hydrogen-bond acceptors (Lipinski definition) is 5. The van der Waals surface area contributed by atoms with Gasteiger partial charge in [-0.05, 0) is 67.1 Å². The third-order valence-corrected chi connectivity index (χ3v) is 6.67. The number of fused-ring (bicyclic) bond motifs is 1. The standard InChI is InChI=1S/C24H21ClFN5/c25-21-6-5-18(26)11-20(21)22-7-8-24(30-29-22)28-19-9-16-13-31(14-17(16)10-19)23-4-2-1-3-15(23)12-27/h1-8,11,16-17,19H,9-10,13-14H2,(H,28,30)/t16-,17+,19+. The Morgan fingerprint density at radius 3 is 2.52 bits per heavy atom. The highest BCUT2D eigenvalue weighted by molar-refractivity contribution is 6.33. The Labute approximate surface area is 185 Å². The van der Waals surface area contributed by atoms with Crippen LogP contribution >= 0.6 is 11.6 Å². The Morgan fingerprint density at radius 2 is 1.81 bits per heavy atom. The van der Waals surface area contributed by atoms with Crippen LogP contribution in [-0.2, 0) is 0 Å². The first-order chi connectivity index (χ1) is 15.1. The maximum absolute atomic E-state index is 13.5. The van der Waals surface area contributed by atoms with Crippen LogP contribution in [-0.4, -0.2) is 29.3 Å². The Bertz CT molecular complexity index is 1130. The molecule has 3 atom stereocenters. The fourth-order valence-corrected chi connectivity index (χ4v) is 5.13. The van der Waals surface area contributed by atoms with Gasteiger partial charge < -0.3 is 10.2 Å². The highest BCUT2D eigenvalue weighted by Gasteiger charge is 2.41. The van der Waals surface area contributed by atoms with Crippen LogP contribution in [0.15, 0.2) is 54.6 Å². The van der Waals surface area contributed by atoms with Gasteiger partial charge in [0.25, 0.3) is 0 Å². The van der Waals surface area contributed by atoms with E-state index in [1.54, 1.807) is 0 Å². The summed E-state index contributed by atoms with van der Waals surface area (Å²) in [5.74, 6) is 1.56. The van der Waals surface area contributed by atoms with E-state index in [1.807, 2.05) is 36.4 Å². The summed E-state index contributed by atoms with van der Waals surface area (Å²) in [6.07, 6.45) is 2.13. The van der Waals surface area contributed by atoms with Gasteiger partial charge in [0.2, 0.25) is 0 Å². The molecule has 156 valence electrons. The highest BCUT2D eigenvalue weighted by Crippen LogP contribution is 2.41. The van der Waals surface area contributed by atoms with E-state index >= 15 is 0 Å². The van der Waals surface area contributed by atoms with Crippen molar-refractivity contribution < 1.29 is 4.39 Å². The summed E-state index contributed by atoms with van der Waals surface area (Å²) in [4.78, 5) is 2.35. The summed E-state index contributed by atoms with van der Waals surface area (Å²) >= 11 is 6.17. The van der Waals surface area contributed by atoms with Crippen LogP contribution in [0.4, 0.5) is 15.9 Å². The van der Waals surface area contributed by atoms with Gasteiger partial charge in [-0.2, -0.15) is 5.26 Å². The molecule has 0 radical (unpaired) electrons. The quantitative estimate of drug-likeness (QED) is 0.617. The molecule has 0 spiro atoms. The maximum atomic E-state index is 13.5. The second-order valence-corrected chi connectivity index (χ2v) is 8.70. The predicted octanol–water partition coefficient (Wildman–Crippen LogP) is 5.13. The topological polar surface area (TPSA) is 64.8 Å². The van der Waals surface area contributed by atoms with Crippen LogP contribution in [0.1, 0.15) is 18.4 Å². The van der Waals surface area contributed by atoms with Crippen molar-refractivity contribution >= 4 is 23.1 Å². The van der Waals surface area contributed by atoms with Crippen molar-refractivity contribution in [3.63, 3.8) is 0 Å². The second-order valence-electron chi connectivity index (χ2n) is 8.29. The number of hydrogen-bond donors (Lipinski definition) is 1. The first-order valence-corrected chi connectivity index (χ1v) is 10.8. The molecule has 1 N–H and O–H groups in total. The molecule has 2 aromatic carbocycles. The zero-order valence-corrected chi connectivity index (χ0v) is 17.6. The summed E-state index contributed by atoms with van der Waals surface area (Å²) in [6.45, 7) is 1.95. The van der Waals surface area contributed by atoms with Gasteiger partial charge in [-0.3, -0.25) is 0 Å². The average Bonchev–Trinajstić information content (AvgIpc) is 3.34. The van der Waals surface area contributed by atoms with Crippen molar-refractivity contribution in [1.82, 2.24) is 10.2 Å². The molecule has 2 heterocycles. The molecule has 0 unspecified atom stereocenters. The number of nitrogens with zero attached hydrogens (tertiary/aromatic N) is 4. The molecule has 1 aliphatic heterocycles. The fraction of sp³-hybridized carbons (Fsp3) is 0.292. The van der Waals surface area contributed by atoms with E-state index in [1.165, 1.54) is 18.2 Å². The lowest BCUT2D eigenvalue weighted by Gasteiger charge is -2.22. The van der Waals surface area contributed by atoms with Gasteiger partial charge >= 0.3 is 0 Å². The van der Waals surface area contributed by atoms with E-state index < -0.39 is 0 Å². The first-order valence-electron chi connectivity index (χ1n) is 10.4. The van der Waals surface area contributed by atoms with Crippen LogP contribution in [0.2, 0.25) is 5.02 Å². The van der Waals surface area contributed by atoms with E-state index in [9.17, 15) is 9.65 Å².